The van der Waals surface area contributed by atoms with Gasteiger partial charge in [0.05, 0.1) is 6.10 Å². The summed E-state index contributed by atoms with van der Waals surface area (Å²) in [6.07, 6.45) is 5.82. The van der Waals surface area contributed by atoms with Crippen molar-refractivity contribution in [3.8, 4) is 5.75 Å². The smallest absolute Gasteiger partial charge is 0.192 e. The Kier molecular flexibility index (Phi) is 1.65. The Morgan fingerprint density at radius 1 is 1.43 bits per heavy atom. The second kappa shape index (κ2) is 2.97. The lowest BCUT2D eigenvalue weighted by atomic mass is 9.96. The fraction of sp³-hybridized carbons (Fsp3) is 0.400. The molecule has 4 heteroatoms. The molecular formula is C10H11N3O. The van der Waals surface area contributed by atoms with Crippen molar-refractivity contribution in [2.75, 3.05) is 0 Å². The fourth-order valence-electron chi connectivity index (χ4n) is 1.44. The van der Waals surface area contributed by atoms with Gasteiger partial charge in [-0.3, -0.25) is 10.4 Å². The highest BCUT2D eigenvalue weighted by Crippen LogP contribution is 2.25. The average Bonchev–Trinajstić information content (AvgIpc) is 2.95. The van der Waals surface area contributed by atoms with E-state index < -0.39 is 0 Å². The van der Waals surface area contributed by atoms with Crippen molar-refractivity contribution in [2.45, 2.75) is 25.4 Å². The van der Waals surface area contributed by atoms with Crippen LogP contribution in [0.1, 0.15) is 25.0 Å². The minimum atomic E-state index is 0.416. The first-order chi connectivity index (χ1) is 6.92. The van der Waals surface area contributed by atoms with Crippen LogP contribution >= 0.6 is 0 Å². The van der Waals surface area contributed by atoms with E-state index in [-0.39, 0.29) is 0 Å². The summed E-state index contributed by atoms with van der Waals surface area (Å²) in [6, 6.07) is 3.82. The normalized spacial score (nSPS) is 19.3. The average molecular weight is 189 g/mol. The number of nitrogens with zero attached hydrogens (tertiary/aromatic N) is 2. The van der Waals surface area contributed by atoms with Crippen molar-refractivity contribution < 1.29 is 4.74 Å². The number of aromatic nitrogens is 1. The molecule has 2 heterocycles. The molecule has 0 aromatic carbocycles. The Balaban J connectivity index is 1.76. The predicted molar refractivity (Wildman–Crippen MR) is 52.2 cm³/mol. The van der Waals surface area contributed by atoms with Gasteiger partial charge in [0.2, 0.25) is 0 Å². The molecule has 14 heavy (non-hydrogen) atoms. The van der Waals surface area contributed by atoms with Crippen LogP contribution in [0.4, 0.5) is 0 Å². The largest absolute Gasteiger partial charge is 0.490 e. The van der Waals surface area contributed by atoms with Gasteiger partial charge >= 0.3 is 0 Å². The molecule has 0 amide bonds. The molecule has 72 valence electrons. The number of nitrogens with one attached hydrogen (secondary N) is 1. The molecule has 0 saturated heterocycles. The van der Waals surface area contributed by atoms with Crippen LogP contribution in [0.5, 0.6) is 5.75 Å². The van der Waals surface area contributed by atoms with Gasteiger partial charge in [-0.1, -0.05) is 0 Å². The summed E-state index contributed by atoms with van der Waals surface area (Å²) >= 11 is 0. The molecule has 0 radical (unpaired) electrons. The molecule has 1 aromatic heterocycles. The summed E-state index contributed by atoms with van der Waals surface area (Å²) in [4.78, 5) is 4.18. The van der Waals surface area contributed by atoms with Gasteiger partial charge in [-0.15, -0.1) is 0 Å². The zero-order chi connectivity index (χ0) is 9.38. The maximum atomic E-state index is 5.75. The zero-order valence-corrected chi connectivity index (χ0v) is 7.73. The summed E-state index contributed by atoms with van der Waals surface area (Å²) in [5.74, 6) is 1.75. The summed E-state index contributed by atoms with van der Waals surface area (Å²) in [6.45, 7) is 0. The molecule has 3 rings (SSSR count). The lowest BCUT2D eigenvalue weighted by molar-refractivity contribution is 0.120. The van der Waals surface area contributed by atoms with Crippen molar-refractivity contribution in [3.05, 3.63) is 24.0 Å². The standard InChI is InChI=1S/C10H11N3O/c1-2-7(3-1)14-8-4-5-11-9(6-8)10-12-13-10/h4-7H,1-3H2,(H,12,13). The molecule has 1 aliphatic heterocycles. The highest BCUT2D eigenvalue weighted by atomic mass is 16.5. The Bertz CT molecular complexity index is 385. The van der Waals surface area contributed by atoms with Crippen molar-refractivity contribution in [3.63, 3.8) is 0 Å². The van der Waals surface area contributed by atoms with Gasteiger partial charge in [0.1, 0.15) is 11.4 Å². The van der Waals surface area contributed by atoms with Crippen LogP contribution in [0.2, 0.25) is 0 Å². The molecule has 1 N–H and O–H groups in total. The van der Waals surface area contributed by atoms with E-state index in [1.807, 2.05) is 12.1 Å². The van der Waals surface area contributed by atoms with Crippen molar-refractivity contribution in [1.29, 1.82) is 0 Å². The van der Waals surface area contributed by atoms with Crippen molar-refractivity contribution in [2.24, 2.45) is 5.10 Å². The van der Waals surface area contributed by atoms with Crippen LogP contribution < -0.4 is 10.2 Å². The van der Waals surface area contributed by atoms with E-state index in [0.29, 0.717) is 6.10 Å². The van der Waals surface area contributed by atoms with E-state index >= 15 is 0 Å². The van der Waals surface area contributed by atoms with E-state index in [2.05, 4.69) is 15.5 Å². The number of hydrogen-bond donors (Lipinski definition) is 1. The topological polar surface area (TPSA) is 56.4 Å². The van der Waals surface area contributed by atoms with Gasteiger partial charge in [0, 0.05) is 12.3 Å². The van der Waals surface area contributed by atoms with Gasteiger partial charge in [-0.2, -0.15) is 5.10 Å². The predicted octanol–water partition coefficient (Wildman–Crippen LogP) is 1.28. The van der Waals surface area contributed by atoms with Crippen molar-refractivity contribution >= 4 is 5.84 Å². The first kappa shape index (κ1) is 7.79. The summed E-state index contributed by atoms with van der Waals surface area (Å²) in [7, 11) is 0. The van der Waals surface area contributed by atoms with E-state index in [4.69, 9.17) is 4.74 Å². The number of hydrogen-bond acceptors (Lipinski definition) is 4. The first-order valence-corrected chi connectivity index (χ1v) is 4.88. The lowest BCUT2D eigenvalue weighted by Crippen LogP contribution is -2.24. The summed E-state index contributed by atoms with van der Waals surface area (Å²) in [5.41, 5.74) is 3.65. The highest BCUT2D eigenvalue weighted by Gasteiger charge is 2.20. The van der Waals surface area contributed by atoms with E-state index in [9.17, 15) is 0 Å². The van der Waals surface area contributed by atoms with Crippen LogP contribution in [0.25, 0.3) is 0 Å². The van der Waals surface area contributed by atoms with Gasteiger partial charge in [0.25, 0.3) is 0 Å². The quantitative estimate of drug-likeness (QED) is 0.779. The molecule has 1 aromatic rings. The molecule has 2 aliphatic rings. The Labute approximate surface area is 82.0 Å². The van der Waals surface area contributed by atoms with Gasteiger partial charge in [0.15, 0.2) is 5.84 Å². The van der Waals surface area contributed by atoms with E-state index in [1.165, 1.54) is 19.3 Å². The third-order valence-corrected chi connectivity index (χ3v) is 2.55. The fourth-order valence-corrected chi connectivity index (χ4v) is 1.44. The van der Waals surface area contributed by atoms with E-state index in [0.717, 1.165) is 17.3 Å². The Hall–Kier alpha value is -1.58. The maximum Gasteiger partial charge on any atom is 0.192 e. The SMILES string of the molecule is c1cc(OC2CCC2)cc(C2=NN2)n1. The minimum Gasteiger partial charge on any atom is -0.490 e. The Morgan fingerprint density at radius 2 is 2.29 bits per heavy atom. The number of rotatable bonds is 3. The van der Waals surface area contributed by atoms with Gasteiger partial charge in [-0.05, 0) is 25.3 Å². The zero-order valence-electron chi connectivity index (χ0n) is 7.73. The summed E-state index contributed by atoms with van der Waals surface area (Å²) < 4.78 is 5.75. The third-order valence-electron chi connectivity index (χ3n) is 2.55. The first-order valence-electron chi connectivity index (χ1n) is 4.88. The molecule has 4 nitrogen and oxygen atoms in total. The number of pyridine rings is 1. The van der Waals surface area contributed by atoms with Crippen molar-refractivity contribution in [1.82, 2.24) is 10.4 Å². The van der Waals surface area contributed by atoms with Gasteiger partial charge < -0.3 is 4.74 Å². The molecule has 0 bridgehead atoms. The van der Waals surface area contributed by atoms with Gasteiger partial charge in [-0.25, -0.2) is 0 Å². The van der Waals surface area contributed by atoms with Crippen LogP contribution in [0.3, 0.4) is 0 Å². The molecule has 0 unspecified atom stereocenters. The molecule has 1 aliphatic carbocycles. The molecule has 1 fully saturated rings. The number of ether oxygens (including phenoxy) is 1. The summed E-state index contributed by atoms with van der Waals surface area (Å²) in [5, 5.41) is 3.88. The van der Waals surface area contributed by atoms with E-state index in [1.54, 1.807) is 6.20 Å². The number of hydrazone groups is 1. The molecular weight excluding hydrogens is 178 g/mol. The molecule has 0 spiro atoms. The molecule has 1 saturated carbocycles. The van der Waals surface area contributed by atoms with Crippen LogP contribution in [0, 0.1) is 0 Å². The third kappa shape index (κ3) is 1.43. The second-order valence-corrected chi connectivity index (χ2v) is 3.62. The number of amidine groups is 1. The van der Waals surface area contributed by atoms with Crippen LogP contribution in [-0.4, -0.2) is 16.9 Å². The second-order valence-electron chi connectivity index (χ2n) is 3.62. The van der Waals surface area contributed by atoms with Crippen LogP contribution in [-0.2, 0) is 0 Å². The van der Waals surface area contributed by atoms with Crippen LogP contribution in [0.15, 0.2) is 23.4 Å². The maximum absolute atomic E-state index is 5.75. The Morgan fingerprint density at radius 3 is 2.93 bits per heavy atom. The molecule has 0 atom stereocenters. The monoisotopic (exact) mass is 189 g/mol. The lowest BCUT2D eigenvalue weighted by Gasteiger charge is -2.26. The minimum absolute atomic E-state index is 0.416. The highest BCUT2D eigenvalue weighted by molar-refractivity contribution is 6.04.